The third-order valence-corrected chi connectivity index (χ3v) is 1.78. The number of hydrogen-bond acceptors (Lipinski definition) is 1. The zero-order valence-electron chi connectivity index (χ0n) is 6.61. The van der Waals surface area contributed by atoms with Crippen molar-refractivity contribution >= 4 is 22.6 Å². The van der Waals surface area contributed by atoms with Gasteiger partial charge in [-0.3, -0.25) is 4.90 Å². The maximum absolute atomic E-state index is 3.04. The minimum atomic E-state index is 0.835. The molecule has 0 aliphatic rings. The number of nitrogens with zero attached hydrogens (tertiary/aromatic N) is 1. The van der Waals surface area contributed by atoms with Crippen LogP contribution in [-0.4, -0.2) is 25.5 Å². The Bertz CT molecular complexity index is 171. The van der Waals surface area contributed by atoms with Crippen molar-refractivity contribution in [2.75, 3.05) is 20.6 Å². The van der Waals surface area contributed by atoms with E-state index in [1.807, 2.05) is 30.0 Å². The third-order valence-electron chi connectivity index (χ3n) is 0.845. The average molecular weight is 249 g/mol. The van der Waals surface area contributed by atoms with E-state index in [1.54, 1.807) is 0 Å². The molecule has 0 spiro atoms. The van der Waals surface area contributed by atoms with Crippen molar-refractivity contribution in [3.63, 3.8) is 0 Å². The van der Waals surface area contributed by atoms with Gasteiger partial charge in [-0.1, -0.05) is 34.4 Å². The van der Waals surface area contributed by atoms with Gasteiger partial charge in [0.15, 0.2) is 0 Å². The summed E-state index contributed by atoms with van der Waals surface area (Å²) in [7, 11) is 4.02. The Morgan fingerprint density at radius 1 is 1.60 bits per heavy atom. The molecule has 0 aliphatic carbocycles. The van der Waals surface area contributed by atoms with Crippen LogP contribution in [0, 0.1) is 11.8 Å². The van der Waals surface area contributed by atoms with Gasteiger partial charge in [-0.15, -0.1) is 0 Å². The zero-order valence-corrected chi connectivity index (χ0v) is 8.77. The number of allylic oxidation sites excluding steroid dienone is 1. The molecular weight excluding hydrogens is 237 g/mol. The summed E-state index contributed by atoms with van der Waals surface area (Å²) in [5, 5.41) is 0. The first-order valence-corrected chi connectivity index (χ1v) is 4.32. The fourth-order valence-electron chi connectivity index (χ4n) is 0.364. The molecule has 0 heterocycles. The lowest BCUT2D eigenvalue weighted by molar-refractivity contribution is 0.464. The van der Waals surface area contributed by atoms with Crippen molar-refractivity contribution in [1.29, 1.82) is 0 Å². The van der Waals surface area contributed by atoms with Crippen molar-refractivity contribution in [2.45, 2.75) is 6.92 Å². The van der Waals surface area contributed by atoms with Gasteiger partial charge < -0.3 is 0 Å². The first kappa shape index (κ1) is 9.99. The number of rotatable bonds is 1. The van der Waals surface area contributed by atoms with Gasteiger partial charge in [-0.05, 0) is 25.1 Å². The highest BCUT2D eigenvalue weighted by Crippen LogP contribution is 1.93. The quantitative estimate of drug-likeness (QED) is 0.506. The van der Waals surface area contributed by atoms with E-state index in [4.69, 9.17) is 0 Å². The molecule has 0 aromatic rings. The van der Waals surface area contributed by atoms with Gasteiger partial charge in [0.05, 0.1) is 6.54 Å². The molecule has 0 bridgehead atoms. The van der Waals surface area contributed by atoms with Crippen LogP contribution in [-0.2, 0) is 0 Å². The Morgan fingerprint density at radius 3 is 2.60 bits per heavy atom. The van der Waals surface area contributed by atoms with E-state index in [0.29, 0.717) is 0 Å². The van der Waals surface area contributed by atoms with Crippen molar-refractivity contribution in [1.82, 2.24) is 4.90 Å². The van der Waals surface area contributed by atoms with Gasteiger partial charge in [-0.25, -0.2) is 0 Å². The Labute approximate surface area is 76.6 Å². The maximum Gasteiger partial charge on any atom is 0.0600 e. The second-order valence-electron chi connectivity index (χ2n) is 2.33. The highest BCUT2D eigenvalue weighted by Gasteiger charge is 1.80. The van der Waals surface area contributed by atoms with Gasteiger partial charge in [0.1, 0.15) is 0 Å². The highest BCUT2D eigenvalue weighted by molar-refractivity contribution is 14.1. The standard InChI is InChI=1S/C8H12IN/c1-8(7-9)5-4-6-10(2)3/h7H,6H2,1-3H3/b8-7+. The predicted octanol–water partition coefficient (Wildman–Crippen LogP) is 1.89. The van der Waals surface area contributed by atoms with Gasteiger partial charge in [-0.2, -0.15) is 0 Å². The summed E-state index contributed by atoms with van der Waals surface area (Å²) in [6.07, 6.45) is 0. The molecule has 0 rings (SSSR count). The molecule has 0 amide bonds. The second kappa shape index (κ2) is 5.75. The molecule has 0 aromatic carbocycles. The molecule has 0 radical (unpaired) electrons. The van der Waals surface area contributed by atoms with E-state index in [1.165, 1.54) is 0 Å². The van der Waals surface area contributed by atoms with Crippen LogP contribution in [0.25, 0.3) is 0 Å². The molecule has 0 aliphatic heterocycles. The molecule has 0 fully saturated rings. The predicted molar refractivity (Wildman–Crippen MR) is 54.1 cm³/mol. The van der Waals surface area contributed by atoms with Crippen LogP contribution in [0.5, 0.6) is 0 Å². The summed E-state index contributed by atoms with van der Waals surface area (Å²) in [5.41, 5.74) is 1.13. The molecule has 0 aromatic heterocycles. The summed E-state index contributed by atoms with van der Waals surface area (Å²) < 4.78 is 1.99. The molecule has 56 valence electrons. The number of halogens is 1. The van der Waals surface area contributed by atoms with Gasteiger partial charge in [0.25, 0.3) is 0 Å². The molecule has 0 N–H and O–H groups in total. The minimum Gasteiger partial charge on any atom is -0.299 e. The fraction of sp³-hybridized carbons (Fsp3) is 0.500. The fourth-order valence-corrected chi connectivity index (χ4v) is 0.520. The Balaban J connectivity index is 3.70. The van der Waals surface area contributed by atoms with Gasteiger partial charge in [0, 0.05) is 5.57 Å². The van der Waals surface area contributed by atoms with Crippen LogP contribution < -0.4 is 0 Å². The monoisotopic (exact) mass is 249 g/mol. The molecule has 0 saturated carbocycles. The first-order valence-electron chi connectivity index (χ1n) is 3.07. The normalized spacial score (nSPS) is 11.1. The Kier molecular flexibility index (Phi) is 5.74. The van der Waals surface area contributed by atoms with Crippen LogP contribution in [0.15, 0.2) is 9.66 Å². The van der Waals surface area contributed by atoms with Gasteiger partial charge in [0.2, 0.25) is 0 Å². The summed E-state index contributed by atoms with van der Waals surface area (Å²) >= 11 is 2.19. The van der Waals surface area contributed by atoms with E-state index < -0.39 is 0 Å². The maximum atomic E-state index is 3.04. The lowest BCUT2D eigenvalue weighted by Gasteiger charge is -2.00. The number of hydrogen-bond donors (Lipinski definition) is 0. The summed E-state index contributed by atoms with van der Waals surface area (Å²) in [5.74, 6) is 6.06. The summed E-state index contributed by atoms with van der Waals surface area (Å²) in [6, 6.07) is 0. The van der Waals surface area contributed by atoms with Crippen molar-refractivity contribution in [3.8, 4) is 11.8 Å². The molecule has 0 atom stereocenters. The van der Waals surface area contributed by atoms with E-state index in [0.717, 1.165) is 12.1 Å². The van der Waals surface area contributed by atoms with Crippen LogP contribution >= 0.6 is 22.6 Å². The van der Waals surface area contributed by atoms with E-state index in [2.05, 4.69) is 34.4 Å². The van der Waals surface area contributed by atoms with Crippen LogP contribution in [0.2, 0.25) is 0 Å². The Hall–Kier alpha value is -0.0100. The zero-order chi connectivity index (χ0) is 7.98. The van der Waals surface area contributed by atoms with Crippen molar-refractivity contribution in [2.24, 2.45) is 0 Å². The smallest absolute Gasteiger partial charge is 0.0600 e. The van der Waals surface area contributed by atoms with E-state index in [9.17, 15) is 0 Å². The summed E-state index contributed by atoms with van der Waals surface area (Å²) in [6.45, 7) is 2.84. The second-order valence-corrected chi connectivity index (χ2v) is 2.95. The van der Waals surface area contributed by atoms with Crippen molar-refractivity contribution < 1.29 is 0 Å². The molecule has 0 saturated heterocycles. The van der Waals surface area contributed by atoms with E-state index in [-0.39, 0.29) is 0 Å². The third kappa shape index (κ3) is 6.12. The molecule has 2 heteroatoms. The van der Waals surface area contributed by atoms with E-state index >= 15 is 0 Å². The van der Waals surface area contributed by atoms with Gasteiger partial charge >= 0.3 is 0 Å². The topological polar surface area (TPSA) is 3.24 Å². The molecule has 10 heavy (non-hydrogen) atoms. The lowest BCUT2D eigenvalue weighted by atomic mass is 10.3. The molecule has 0 unspecified atom stereocenters. The van der Waals surface area contributed by atoms with Crippen LogP contribution in [0.4, 0.5) is 0 Å². The van der Waals surface area contributed by atoms with Crippen molar-refractivity contribution in [3.05, 3.63) is 9.66 Å². The summed E-state index contributed by atoms with van der Waals surface area (Å²) in [4.78, 5) is 2.05. The Morgan fingerprint density at radius 2 is 2.20 bits per heavy atom. The SMILES string of the molecule is C/C(C#CCN(C)C)=C\I. The average Bonchev–Trinajstić information content (AvgIpc) is 1.87. The highest BCUT2D eigenvalue weighted by atomic mass is 127. The first-order chi connectivity index (χ1) is 4.66. The van der Waals surface area contributed by atoms with Crippen LogP contribution in [0.3, 0.4) is 0 Å². The lowest BCUT2D eigenvalue weighted by Crippen LogP contribution is -2.10. The van der Waals surface area contributed by atoms with Crippen LogP contribution in [0.1, 0.15) is 6.92 Å². The minimum absolute atomic E-state index is 0.835. The molecule has 1 nitrogen and oxygen atoms in total. The molecular formula is C8H12IN. The largest absolute Gasteiger partial charge is 0.299 e.